The Balaban J connectivity index is 2.21. The minimum atomic E-state index is -1.28. The van der Waals surface area contributed by atoms with Gasteiger partial charge < -0.3 is 30.9 Å². The highest BCUT2D eigenvalue weighted by Crippen LogP contribution is 2.29. The van der Waals surface area contributed by atoms with Crippen molar-refractivity contribution in [1.29, 1.82) is 0 Å². The number of nitrogens with two attached hydrogens (primary N) is 1. The molecule has 0 amide bonds. The number of ether oxygens (including phenoxy) is 1. The maximum Gasteiger partial charge on any atom is 0.132 e. The van der Waals surface area contributed by atoms with Gasteiger partial charge in [-0.3, -0.25) is 0 Å². The molecule has 0 saturated carbocycles. The third-order valence-electron chi connectivity index (χ3n) is 3.48. The first kappa shape index (κ1) is 18.2. The van der Waals surface area contributed by atoms with Crippen LogP contribution in [0, 0.1) is 0 Å². The van der Waals surface area contributed by atoms with E-state index in [0.29, 0.717) is 0 Å². The molecule has 0 aromatic rings. The van der Waals surface area contributed by atoms with Crippen LogP contribution >= 0.6 is 11.8 Å². The van der Waals surface area contributed by atoms with E-state index in [4.69, 9.17) is 15.6 Å². The number of hydrogen-bond acceptors (Lipinski definition) is 7. The van der Waals surface area contributed by atoms with Crippen molar-refractivity contribution in [3.63, 3.8) is 0 Å². The number of unbranched alkanes of at least 4 members (excludes halogenated alkanes) is 4. The third-order valence-corrected chi connectivity index (χ3v) is 4.72. The predicted octanol–water partition coefficient (Wildman–Crippen LogP) is -0.571. The zero-order chi connectivity index (χ0) is 15.0. The molecule has 7 heteroatoms. The van der Waals surface area contributed by atoms with Crippen molar-refractivity contribution in [2.24, 2.45) is 5.73 Å². The molecule has 0 radical (unpaired) electrons. The highest BCUT2D eigenvalue weighted by molar-refractivity contribution is 7.99. The summed E-state index contributed by atoms with van der Waals surface area (Å²) in [4.78, 5) is 0. The largest absolute Gasteiger partial charge is 0.394 e. The molecule has 0 bridgehead atoms. The molecule has 0 aromatic heterocycles. The molecule has 6 N–H and O–H groups in total. The Morgan fingerprint density at radius 2 is 1.55 bits per heavy atom. The molecule has 6 nitrogen and oxygen atoms in total. The van der Waals surface area contributed by atoms with Gasteiger partial charge >= 0.3 is 0 Å². The molecule has 1 fully saturated rings. The zero-order valence-corrected chi connectivity index (χ0v) is 12.5. The highest BCUT2D eigenvalue weighted by atomic mass is 32.2. The smallest absolute Gasteiger partial charge is 0.132 e. The van der Waals surface area contributed by atoms with Gasteiger partial charge in [0.05, 0.1) is 6.61 Å². The first-order chi connectivity index (χ1) is 9.61. The quantitative estimate of drug-likeness (QED) is 0.362. The molecular formula is C13H27NO5S. The normalized spacial score (nSPS) is 34.4. The molecule has 0 aromatic carbocycles. The van der Waals surface area contributed by atoms with Gasteiger partial charge in [0.25, 0.3) is 0 Å². The summed E-state index contributed by atoms with van der Waals surface area (Å²) in [5.41, 5.74) is 4.82. The van der Waals surface area contributed by atoms with Gasteiger partial charge in [-0.15, -0.1) is 11.8 Å². The molecule has 5 atom stereocenters. The van der Waals surface area contributed by atoms with E-state index >= 15 is 0 Å². The summed E-state index contributed by atoms with van der Waals surface area (Å²) < 4.78 is 5.41. The van der Waals surface area contributed by atoms with Gasteiger partial charge in [0.1, 0.15) is 29.9 Å². The van der Waals surface area contributed by atoms with Gasteiger partial charge in [0, 0.05) is 0 Å². The van der Waals surface area contributed by atoms with Crippen LogP contribution < -0.4 is 5.73 Å². The van der Waals surface area contributed by atoms with Crippen molar-refractivity contribution >= 4 is 11.8 Å². The Hall–Kier alpha value is 0.110. The molecule has 1 rings (SSSR count). The summed E-state index contributed by atoms with van der Waals surface area (Å²) in [6.45, 7) is 0.362. The summed E-state index contributed by atoms with van der Waals surface area (Å²) in [5, 5.41) is 38.2. The van der Waals surface area contributed by atoms with Gasteiger partial charge in [-0.1, -0.05) is 19.3 Å². The van der Waals surface area contributed by atoms with Crippen molar-refractivity contribution < 1.29 is 25.2 Å². The summed E-state index contributed by atoms with van der Waals surface area (Å²) in [7, 11) is 0. The van der Waals surface area contributed by atoms with Crippen LogP contribution in [0.1, 0.15) is 32.1 Å². The maximum atomic E-state index is 9.84. The lowest BCUT2D eigenvalue weighted by molar-refractivity contribution is -0.205. The first-order valence-corrected chi connectivity index (χ1v) is 8.29. The molecule has 0 spiro atoms. The minimum Gasteiger partial charge on any atom is -0.394 e. The number of hydrogen-bond donors (Lipinski definition) is 5. The molecular weight excluding hydrogens is 282 g/mol. The average Bonchev–Trinajstić information content (AvgIpc) is 2.46. The standard InChI is InChI=1S/C13H27NO5S/c14-6-4-2-1-3-5-7-20-13-12(18)11(17)10(16)9(8-15)19-13/h9-13,15-18H,1-8,14H2/t9-,10-,11+,12-,13+/m1/s1. The van der Waals surface area contributed by atoms with Crippen molar-refractivity contribution in [3.05, 3.63) is 0 Å². The van der Waals surface area contributed by atoms with E-state index < -0.39 is 29.9 Å². The van der Waals surface area contributed by atoms with Gasteiger partial charge in [0.15, 0.2) is 0 Å². The summed E-state index contributed by atoms with van der Waals surface area (Å²) in [6, 6.07) is 0. The summed E-state index contributed by atoms with van der Waals surface area (Å²) in [6.07, 6.45) is 0.957. The number of thioether (sulfide) groups is 1. The molecule has 1 aliphatic heterocycles. The lowest BCUT2D eigenvalue weighted by Gasteiger charge is -2.39. The van der Waals surface area contributed by atoms with Crippen LogP contribution in [0.3, 0.4) is 0 Å². The Kier molecular flexibility index (Phi) is 9.03. The van der Waals surface area contributed by atoms with Crippen LogP contribution in [0.2, 0.25) is 0 Å². The number of aliphatic hydroxyl groups excluding tert-OH is 4. The first-order valence-electron chi connectivity index (χ1n) is 7.24. The third kappa shape index (κ3) is 5.48. The lowest BCUT2D eigenvalue weighted by Crippen LogP contribution is -2.57. The Morgan fingerprint density at radius 1 is 0.900 bits per heavy atom. The van der Waals surface area contributed by atoms with Crippen LogP contribution in [-0.4, -0.2) is 69.2 Å². The van der Waals surface area contributed by atoms with Crippen LogP contribution in [0.15, 0.2) is 0 Å². The second-order valence-electron chi connectivity index (χ2n) is 5.12. The van der Waals surface area contributed by atoms with E-state index in [9.17, 15) is 15.3 Å². The molecule has 1 heterocycles. The van der Waals surface area contributed by atoms with Crippen LogP contribution in [0.4, 0.5) is 0 Å². The molecule has 20 heavy (non-hydrogen) atoms. The van der Waals surface area contributed by atoms with E-state index in [-0.39, 0.29) is 6.61 Å². The van der Waals surface area contributed by atoms with Crippen LogP contribution in [-0.2, 0) is 4.74 Å². The van der Waals surface area contributed by atoms with Gasteiger partial charge in [-0.05, 0) is 25.1 Å². The second kappa shape index (κ2) is 9.94. The van der Waals surface area contributed by atoms with E-state index in [2.05, 4.69) is 0 Å². The molecule has 1 saturated heterocycles. The summed E-state index contributed by atoms with van der Waals surface area (Å²) in [5.74, 6) is 0.811. The fourth-order valence-electron chi connectivity index (χ4n) is 2.18. The van der Waals surface area contributed by atoms with Crippen molar-refractivity contribution in [2.75, 3.05) is 18.9 Å². The van der Waals surface area contributed by atoms with Crippen LogP contribution in [0.25, 0.3) is 0 Å². The zero-order valence-electron chi connectivity index (χ0n) is 11.7. The lowest BCUT2D eigenvalue weighted by atomic mass is 10.0. The fraction of sp³-hybridized carbons (Fsp3) is 1.00. The highest BCUT2D eigenvalue weighted by Gasteiger charge is 2.43. The van der Waals surface area contributed by atoms with Crippen molar-refractivity contribution in [2.45, 2.75) is 62.0 Å². The second-order valence-corrected chi connectivity index (χ2v) is 6.33. The Morgan fingerprint density at radius 3 is 2.20 bits per heavy atom. The topological polar surface area (TPSA) is 116 Å². The molecule has 0 aliphatic carbocycles. The van der Waals surface area contributed by atoms with E-state index in [1.807, 2.05) is 0 Å². The van der Waals surface area contributed by atoms with Crippen molar-refractivity contribution in [1.82, 2.24) is 0 Å². The molecule has 1 aliphatic rings. The SMILES string of the molecule is NCCCCCCCS[C@@H]1O[C@H](CO)[C@@H](O)[C@H](O)[C@H]1O. The summed E-state index contributed by atoms with van der Waals surface area (Å²) >= 11 is 1.42. The van der Waals surface area contributed by atoms with Gasteiger partial charge in [-0.2, -0.15) is 0 Å². The van der Waals surface area contributed by atoms with Gasteiger partial charge in [-0.25, -0.2) is 0 Å². The van der Waals surface area contributed by atoms with Crippen molar-refractivity contribution in [3.8, 4) is 0 Å². The van der Waals surface area contributed by atoms with E-state index in [1.54, 1.807) is 0 Å². The Bertz CT molecular complexity index is 257. The monoisotopic (exact) mass is 309 g/mol. The van der Waals surface area contributed by atoms with Crippen LogP contribution in [0.5, 0.6) is 0 Å². The van der Waals surface area contributed by atoms with E-state index in [1.165, 1.54) is 11.8 Å². The molecule has 120 valence electrons. The predicted molar refractivity (Wildman–Crippen MR) is 78.4 cm³/mol. The van der Waals surface area contributed by atoms with E-state index in [0.717, 1.165) is 44.4 Å². The Labute approximate surface area is 124 Å². The molecule has 0 unspecified atom stereocenters. The minimum absolute atomic E-state index is 0.374. The number of aliphatic hydroxyl groups is 4. The number of rotatable bonds is 9. The maximum absolute atomic E-state index is 9.84. The average molecular weight is 309 g/mol. The van der Waals surface area contributed by atoms with Gasteiger partial charge in [0.2, 0.25) is 0 Å². The fourth-order valence-corrected chi connectivity index (χ4v) is 3.36.